The largest absolute Gasteiger partial charge is 0.417 e. The van der Waals surface area contributed by atoms with Crippen LogP contribution in [0.5, 0.6) is 0 Å². The summed E-state index contributed by atoms with van der Waals surface area (Å²) in [4.78, 5) is 21.0. The quantitative estimate of drug-likeness (QED) is 0.798. The third-order valence-electron chi connectivity index (χ3n) is 3.98. The van der Waals surface area contributed by atoms with Crippen molar-refractivity contribution in [3.63, 3.8) is 0 Å². The van der Waals surface area contributed by atoms with Gasteiger partial charge in [-0.25, -0.2) is 9.78 Å². The van der Waals surface area contributed by atoms with E-state index in [4.69, 9.17) is 9.15 Å². The number of ether oxygens (including phenoxy) is 1. The zero-order chi connectivity index (χ0) is 15.8. The van der Waals surface area contributed by atoms with Crippen molar-refractivity contribution in [2.24, 2.45) is 0 Å². The van der Waals surface area contributed by atoms with Gasteiger partial charge in [0.2, 0.25) is 0 Å². The van der Waals surface area contributed by atoms with Gasteiger partial charge in [-0.2, -0.15) is 0 Å². The Morgan fingerprint density at radius 3 is 3.22 bits per heavy atom. The Morgan fingerprint density at radius 2 is 2.39 bits per heavy atom. The van der Waals surface area contributed by atoms with E-state index in [2.05, 4.69) is 14.9 Å². The van der Waals surface area contributed by atoms with E-state index in [1.54, 1.807) is 11.3 Å². The van der Waals surface area contributed by atoms with Crippen LogP contribution in [0.25, 0.3) is 11.1 Å². The van der Waals surface area contributed by atoms with Crippen molar-refractivity contribution in [1.82, 2.24) is 14.9 Å². The van der Waals surface area contributed by atoms with Gasteiger partial charge in [-0.1, -0.05) is 12.1 Å². The molecule has 1 fully saturated rings. The van der Waals surface area contributed by atoms with Gasteiger partial charge in [0, 0.05) is 36.3 Å². The Balaban J connectivity index is 1.54. The summed E-state index contributed by atoms with van der Waals surface area (Å²) in [6, 6.07) is 5.78. The summed E-state index contributed by atoms with van der Waals surface area (Å²) in [5, 5.41) is 3.07. The van der Waals surface area contributed by atoms with Crippen LogP contribution in [0, 0.1) is 6.92 Å². The number of hydrogen-bond donors (Lipinski definition) is 1. The lowest BCUT2D eigenvalue weighted by atomic mass is 10.1. The van der Waals surface area contributed by atoms with E-state index in [0.29, 0.717) is 12.2 Å². The first-order valence-electron chi connectivity index (χ1n) is 7.56. The minimum absolute atomic E-state index is 0.0138. The van der Waals surface area contributed by atoms with E-state index in [1.807, 2.05) is 30.5 Å². The van der Waals surface area contributed by atoms with Crippen LogP contribution in [-0.2, 0) is 11.3 Å². The maximum absolute atomic E-state index is 11.4. The lowest BCUT2D eigenvalue weighted by Gasteiger charge is -2.31. The number of morpholine rings is 1. The van der Waals surface area contributed by atoms with Gasteiger partial charge < -0.3 is 9.15 Å². The molecule has 120 valence electrons. The van der Waals surface area contributed by atoms with Crippen molar-refractivity contribution in [2.45, 2.75) is 19.6 Å². The first kappa shape index (κ1) is 14.6. The standard InChI is InChI=1S/C16H17N3O3S/c1-10-9-23-15(17-10)13-8-19(5-6-21-13)7-11-3-2-4-12-14(11)22-16(20)18-12/h2-4,9,13H,5-8H2,1H3,(H,18,20). The fraction of sp³-hybridized carbons (Fsp3) is 0.375. The highest BCUT2D eigenvalue weighted by atomic mass is 32.1. The molecule has 1 aliphatic heterocycles. The van der Waals surface area contributed by atoms with Gasteiger partial charge in [0.1, 0.15) is 11.1 Å². The zero-order valence-corrected chi connectivity index (χ0v) is 13.6. The second kappa shape index (κ2) is 5.92. The SMILES string of the molecule is Cc1csc(C2CN(Cc3cccc4[nH]c(=O)oc34)CCO2)n1. The molecule has 1 aromatic carbocycles. The summed E-state index contributed by atoms with van der Waals surface area (Å²) in [6.45, 7) is 5.04. The second-order valence-corrected chi connectivity index (χ2v) is 6.62. The van der Waals surface area contributed by atoms with Crippen LogP contribution < -0.4 is 5.76 Å². The number of aromatic nitrogens is 2. The molecule has 3 heterocycles. The van der Waals surface area contributed by atoms with Crippen LogP contribution in [0.3, 0.4) is 0 Å². The topological polar surface area (TPSA) is 71.4 Å². The van der Waals surface area contributed by atoms with Gasteiger partial charge in [-0.3, -0.25) is 9.88 Å². The average molecular weight is 331 g/mol. The molecule has 0 aliphatic carbocycles. The van der Waals surface area contributed by atoms with Gasteiger partial charge >= 0.3 is 5.76 Å². The Morgan fingerprint density at radius 1 is 1.48 bits per heavy atom. The predicted molar refractivity (Wildman–Crippen MR) is 87.7 cm³/mol. The molecule has 1 aliphatic rings. The molecule has 3 aromatic rings. The van der Waals surface area contributed by atoms with Gasteiger partial charge in [-0.05, 0) is 13.0 Å². The highest BCUT2D eigenvalue weighted by Crippen LogP contribution is 2.27. The maximum atomic E-state index is 11.4. The zero-order valence-electron chi connectivity index (χ0n) is 12.7. The molecule has 0 saturated carbocycles. The molecule has 0 spiro atoms. The van der Waals surface area contributed by atoms with Crippen LogP contribution in [0.15, 0.2) is 32.8 Å². The molecular formula is C16H17N3O3S. The number of H-pyrrole nitrogens is 1. The Labute approximate surface area is 136 Å². The molecule has 6 nitrogen and oxygen atoms in total. The second-order valence-electron chi connectivity index (χ2n) is 5.73. The third-order valence-corrected chi connectivity index (χ3v) is 5.04. The van der Waals surface area contributed by atoms with Crippen molar-refractivity contribution in [2.75, 3.05) is 19.7 Å². The summed E-state index contributed by atoms with van der Waals surface area (Å²) in [6.07, 6.45) is 0.0138. The monoisotopic (exact) mass is 331 g/mol. The van der Waals surface area contributed by atoms with E-state index in [0.717, 1.165) is 41.4 Å². The Kier molecular flexibility index (Phi) is 3.76. The Hall–Kier alpha value is -1.96. The molecule has 1 N–H and O–H groups in total. The molecule has 7 heteroatoms. The first-order chi connectivity index (χ1) is 11.2. The summed E-state index contributed by atoms with van der Waals surface area (Å²) in [5.74, 6) is -0.412. The average Bonchev–Trinajstić information content (AvgIpc) is 3.13. The van der Waals surface area contributed by atoms with Crippen LogP contribution in [0.2, 0.25) is 0 Å². The fourth-order valence-corrected chi connectivity index (χ4v) is 3.75. The predicted octanol–water partition coefficient (Wildman–Crippen LogP) is 2.46. The van der Waals surface area contributed by atoms with E-state index in [-0.39, 0.29) is 6.10 Å². The first-order valence-corrected chi connectivity index (χ1v) is 8.44. The normalized spacial score (nSPS) is 19.4. The minimum Gasteiger partial charge on any atom is -0.408 e. The highest BCUT2D eigenvalue weighted by Gasteiger charge is 2.25. The van der Waals surface area contributed by atoms with Crippen molar-refractivity contribution in [3.8, 4) is 0 Å². The van der Waals surface area contributed by atoms with Crippen molar-refractivity contribution in [1.29, 1.82) is 0 Å². The highest BCUT2D eigenvalue weighted by molar-refractivity contribution is 7.09. The van der Waals surface area contributed by atoms with Gasteiger partial charge in [-0.15, -0.1) is 11.3 Å². The number of fused-ring (bicyclic) bond motifs is 1. The molecule has 1 atom stereocenters. The number of rotatable bonds is 3. The lowest BCUT2D eigenvalue weighted by molar-refractivity contribution is -0.0330. The molecule has 1 unspecified atom stereocenters. The minimum atomic E-state index is -0.412. The van der Waals surface area contributed by atoms with Crippen molar-refractivity contribution >= 4 is 22.4 Å². The number of hydrogen-bond acceptors (Lipinski definition) is 6. The number of nitrogens with zero attached hydrogens (tertiary/aromatic N) is 2. The van der Waals surface area contributed by atoms with Gasteiger partial charge in [0.15, 0.2) is 5.58 Å². The number of nitrogens with one attached hydrogen (secondary N) is 1. The van der Waals surface area contributed by atoms with Gasteiger partial charge in [0.05, 0.1) is 12.1 Å². The number of para-hydroxylation sites is 1. The summed E-state index contributed by atoms with van der Waals surface area (Å²) >= 11 is 1.64. The van der Waals surface area contributed by atoms with Crippen molar-refractivity contribution in [3.05, 3.63) is 50.4 Å². The number of aryl methyl sites for hydroxylation is 1. The lowest BCUT2D eigenvalue weighted by Crippen LogP contribution is -2.37. The van der Waals surface area contributed by atoms with E-state index in [9.17, 15) is 4.79 Å². The molecule has 4 rings (SSSR count). The van der Waals surface area contributed by atoms with Crippen LogP contribution in [0.1, 0.15) is 22.4 Å². The molecule has 0 bridgehead atoms. The number of benzene rings is 1. The molecule has 0 amide bonds. The number of aromatic amines is 1. The van der Waals surface area contributed by atoms with E-state index >= 15 is 0 Å². The number of oxazole rings is 1. The smallest absolute Gasteiger partial charge is 0.408 e. The summed E-state index contributed by atoms with van der Waals surface area (Å²) in [7, 11) is 0. The molecule has 23 heavy (non-hydrogen) atoms. The molecule has 1 saturated heterocycles. The molecule has 0 radical (unpaired) electrons. The number of thiazole rings is 1. The van der Waals surface area contributed by atoms with Crippen LogP contribution in [0.4, 0.5) is 0 Å². The maximum Gasteiger partial charge on any atom is 0.417 e. The van der Waals surface area contributed by atoms with E-state index < -0.39 is 5.76 Å². The molecule has 2 aromatic heterocycles. The summed E-state index contributed by atoms with van der Waals surface area (Å²) in [5.41, 5.74) is 3.43. The Bertz CT molecular complexity index is 882. The third kappa shape index (κ3) is 2.95. The van der Waals surface area contributed by atoms with Gasteiger partial charge in [0.25, 0.3) is 0 Å². The summed E-state index contributed by atoms with van der Waals surface area (Å²) < 4.78 is 11.1. The van der Waals surface area contributed by atoms with E-state index in [1.165, 1.54) is 0 Å². The van der Waals surface area contributed by atoms with Crippen LogP contribution >= 0.6 is 11.3 Å². The van der Waals surface area contributed by atoms with Crippen LogP contribution in [-0.4, -0.2) is 34.6 Å². The molecular weight excluding hydrogens is 314 g/mol. The van der Waals surface area contributed by atoms with Crippen molar-refractivity contribution < 1.29 is 9.15 Å². The fourth-order valence-electron chi connectivity index (χ4n) is 2.91.